The molecule has 0 spiro atoms. The van der Waals surface area contributed by atoms with Gasteiger partial charge >= 0.3 is 0 Å². The summed E-state index contributed by atoms with van der Waals surface area (Å²) >= 11 is 1.23. The van der Waals surface area contributed by atoms with Gasteiger partial charge in [0.2, 0.25) is 11.1 Å². The average Bonchev–Trinajstić information content (AvgIpc) is 3.32. The van der Waals surface area contributed by atoms with Gasteiger partial charge in [0, 0.05) is 13.6 Å². The summed E-state index contributed by atoms with van der Waals surface area (Å²) in [6.45, 7) is 0.676. The summed E-state index contributed by atoms with van der Waals surface area (Å²) in [7, 11) is 3.07. The third kappa shape index (κ3) is 4.85. The molecule has 8 nitrogen and oxygen atoms in total. The van der Waals surface area contributed by atoms with E-state index >= 15 is 0 Å². The Balaban J connectivity index is 1.55. The lowest BCUT2D eigenvalue weighted by Gasteiger charge is -2.17. The summed E-state index contributed by atoms with van der Waals surface area (Å²) in [4.78, 5) is 13.9. The van der Waals surface area contributed by atoms with Gasteiger partial charge in [0.25, 0.3) is 0 Å². The number of aromatic nitrogens is 4. The number of ether oxygens (including phenoxy) is 1. The highest BCUT2D eigenvalue weighted by Crippen LogP contribution is 2.19. The maximum atomic E-state index is 13.8. The van der Waals surface area contributed by atoms with Gasteiger partial charge in [-0.1, -0.05) is 17.8 Å². The first kappa shape index (κ1) is 18.9. The quantitative estimate of drug-likeness (QED) is 0.544. The van der Waals surface area contributed by atoms with Crippen LogP contribution in [0.15, 0.2) is 46.2 Å². The van der Waals surface area contributed by atoms with Gasteiger partial charge in [-0.15, -0.1) is 5.10 Å². The molecular weight excluding hydrogens is 373 g/mol. The van der Waals surface area contributed by atoms with E-state index in [9.17, 15) is 9.18 Å². The van der Waals surface area contributed by atoms with Crippen LogP contribution >= 0.6 is 11.8 Å². The molecule has 0 bridgehead atoms. The van der Waals surface area contributed by atoms with Crippen LogP contribution in [0.1, 0.15) is 11.3 Å². The Labute approximate surface area is 159 Å². The van der Waals surface area contributed by atoms with Crippen molar-refractivity contribution in [1.29, 1.82) is 0 Å². The van der Waals surface area contributed by atoms with E-state index in [1.807, 2.05) is 6.07 Å². The minimum absolute atomic E-state index is 0.122. The van der Waals surface area contributed by atoms with E-state index in [0.717, 1.165) is 0 Å². The fraction of sp³-hybridized carbons (Fsp3) is 0.294. The Hall–Kier alpha value is -2.88. The maximum absolute atomic E-state index is 13.8. The molecule has 0 aliphatic carbocycles. The number of halogens is 1. The average molecular weight is 391 g/mol. The first-order valence-electron chi connectivity index (χ1n) is 8.04. The van der Waals surface area contributed by atoms with Gasteiger partial charge < -0.3 is 14.1 Å². The van der Waals surface area contributed by atoms with Gasteiger partial charge in [0.1, 0.15) is 12.3 Å². The normalized spacial score (nSPS) is 10.8. The SMILES string of the molecule is COc1ccc(CN(C)C(=O)CSc2nnnn2Cc2ccco2)cc1F. The van der Waals surface area contributed by atoms with E-state index in [1.165, 1.54) is 29.8 Å². The highest BCUT2D eigenvalue weighted by molar-refractivity contribution is 7.99. The van der Waals surface area contributed by atoms with Crippen molar-refractivity contribution in [3.8, 4) is 5.75 Å². The lowest BCUT2D eigenvalue weighted by Crippen LogP contribution is -2.28. The Bertz CT molecular complexity index is 900. The van der Waals surface area contributed by atoms with Crippen LogP contribution in [0.3, 0.4) is 0 Å². The molecule has 0 aliphatic rings. The predicted octanol–water partition coefficient (Wildman–Crippen LogP) is 2.21. The molecule has 2 aromatic heterocycles. The Morgan fingerprint density at radius 1 is 1.41 bits per heavy atom. The molecule has 1 aromatic carbocycles. The molecule has 0 fully saturated rings. The molecule has 0 saturated carbocycles. The Morgan fingerprint density at radius 3 is 2.96 bits per heavy atom. The number of furan rings is 1. The summed E-state index contributed by atoms with van der Waals surface area (Å²) in [6, 6.07) is 8.24. The molecule has 27 heavy (non-hydrogen) atoms. The highest BCUT2D eigenvalue weighted by Gasteiger charge is 2.15. The van der Waals surface area contributed by atoms with Crippen LogP contribution in [-0.2, 0) is 17.9 Å². The van der Waals surface area contributed by atoms with Gasteiger partial charge in [-0.05, 0) is 40.3 Å². The van der Waals surface area contributed by atoms with Crippen LogP contribution in [0.5, 0.6) is 5.75 Å². The van der Waals surface area contributed by atoms with Gasteiger partial charge in [0.05, 0.1) is 19.1 Å². The summed E-state index contributed by atoms with van der Waals surface area (Å²) in [5.41, 5.74) is 0.678. The number of carbonyl (C=O) groups excluding carboxylic acids is 1. The highest BCUT2D eigenvalue weighted by atomic mass is 32.2. The smallest absolute Gasteiger partial charge is 0.233 e. The van der Waals surface area contributed by atoms with Crippen molar-refractivity contribution in [2.75, 3.05) is 19.9 Å². The topological polar surface area (TPSA) is 86.3 Å². The molecule has 0 atom stereocenters. The zero-order valence-corrected chi connectivity index (χ0v) is 15.6. The van der Waals surface area contributed by atoms with Gasteiger partial charge in [-0.3, -0.25) is 4.79 Å². The van der Waals surface area contributed by atoms with E-state index in [1.54, 1.807) is 36.2 Å². The van der Waals surface area contributed by atoms with E-state index in [0.29, 0.717) is 23.0 Å². The summed E-state index contributed by atoms with van der Waals surface area (Å²) in [5, 5.41) is 12.0. The van der Waals surface area contributed by atoms with Crippen LogP contribution in [0, 0.1) is 5.82 Å². The summed E-state index contributed by atoms with van der Waals surface area (Å²) in [5.74, 6) is 0.472. The molecule has 0 radical (unpaired) electrons. The predicted molar refractivity (Wildman–Crippen MR) is 95.8 cm³/mol. The molecule has 3 aromatic rings. The van der Waals surface area contributed by atoms with Crippen molar-refractivity contribution in [3.05, 3.63) is 53.7 Å². The van der Waals surface area contributed by atoms with Crippen molar-refractivity contribution in [2.45, 2.75) is 18.2 Å². The molecule has 0 N–H and O–H groups in total. The summed E-state index contributed by atoms with van der Waals surface area (Å²) in [6.07, 6.45) is 1.58. The summed E-state index contributed by atoms with van der Waals surface area (Å²) < 4.78 is 25.5. The molecular formula is C17H18FN5O3S. The largest absolute Gasteiger partial charge is 0.494 e. The molecule has 3 rings (SSSR count). The van der Waals surface area contributed by atoms with Gasteiger partial charge in [0.15, 0.2) is 11.6 Å². The Kier molecular flexibility index (Phi) is 6.07. The lowest BCUT2D eigenvalue weighted by atomic mass is 10.2. The molecule has 0 unspecified atom stereocenters. The minimum Gasteiger partial charge on any atom is -0.494 e. The second-order valence-corrected chi connectivity index (χ2v) is 6.65. The number of carbonyl (C=O) groups is 1. The fourth-order valence-corrected chi connectivity index (χ4v) is 3.17. The van der Waals surface area contributed by atoms with Gasteiger partial charge in [-0.2, -0.15) is 0 Å². The third-order valence-electron chi connectivity index (χ3n) is 3.77. The molecule has 0 aliphatic heterocycles. The molecule has 0 saturated heterocycles. The van der Waals surface area contributed by atoms with Crippen molar-refractivity contribution < 1.29 is 18.3 Å². The van der Waals surface area contributed by atoms with Gasteiger partial charge in [-0.25, -0.2) is 9.07 Å². The molecule has 10 heteroatoms. The maximum Gasteiger partial charge on any atom is 0.233 e. The fourth-order valence-electron chi connectivity index (χ4n) is 2.36. The standard InChI is InChI=1S/C17H18FN5O3S/c1-22(9-12-5-6-15(25-2)14(18)8-12)16(24)11-27-17-19-20-21-23(17)10-13-4-3-7-26-13/h3-8H,9-11H2,1-2H3. The van der Waals surface area contributed by atoms with Crippen LogP contribution < -0.4 is 4.74 Å². The monoisotopic (exact) mass is 391 g/mol. The van der Waals surface area contributed by atoms with Crippen molar-refractivity contribution in [2.24, 2.45) is 0 Å². The van der Waals surface area contributed by atoms with E-state index in [-0.39, 0.29) is 24.0 Å². The number of rotatable bonds is 8. The zero-order valence-electron chi connectivity index (χ0n) is 14.8. The van der Waals surface area contributed by atoms with Crippen LogP contribution in [0.4, 0.5) is 4.39 Å². The number of benzene rings is 1. The second-order valence-electron chi connectivity index (χ2n) is 5.71. The van der Waals surface area contributed by atoms with Crippen LogP contribution in [0.2, 0.25) is 0 Å². The third-order valence-corrected chi connectivity index (χ3v) is 4.71. The molecule has 142 valence electrons. The number of hydrogen-bond acceptors (Lipinski definition) is 7. The first-order chi connectivity index (χ1) is 13.1. The number of hydrogen-bond donors (Lipinski definition) is 0. The van der Waals surface area contributed by atoms with Crippen LogP contribution in [0.25, 0.3) is 0 Å². The first-order valence-corrected chi connectivity index (χ1v) is 9.03. The van der Waals surface area contributed by atoms with E-state index in [4.69, 9.17) is 9.15 Å². The van der Waals surface area contributed by atoms with Crippen molar-refractivity contribution in [1.82, 2.24) is 25.1 Å². The van der Waals surface area contributed by atoms with E-state index in [2.05, 4.69) is 15.5 Å². The van der Waals surface area contributed by atoms with E-state index < -0.39 is 5.82 Å². The minimum atomic E-state index is -0.456. The van der Waals surface area contributed by atoms with Crippen molar-refractivity contribution in [3.63, 3.8) is 0 Å². The number of nitrogens with zero attached hydrogens (tertiary/aromatic N) is 5. The molecule has 2 heterocycles. The lowest BCUT2D eigenvalue weighted by molar-refractivity contribution is -0.127. The number of methoxy groups -OCH3 is 1. The number of thioether (sulfide) groups is 1. The van der Waals surface area contributed by atoms with Crippen LogP contribution in [-0.4, -0.2) is 50.9 Å². The number of tetrazole rings is 1. The van der Waals surface area contributed by atoms with Crippen molar-refractivity contribution >= 4 is 17.7 Å². The molecule has 1 amide bonds. The Morgan fingerprint density at radius 2 is 2.26 bits per heavy atom. The second kappa shape index (κ2) is 8.67. The number of amides is 1. The zero-order chi connectivity index (χ0) is 19.2.